The maximum absolute atomic E-state index is 12.6. The van der Waals surface area contributed by atoms with Crippen LogP contribution in [0, 0.1) is 25.2 Å². The number of benzene rings is 2. The molecule has 1 amide bonds. The Labute approximate surface area is 174 Å². The number of ether oxygens (including phenoxy) is 1. The third kappa shape index (κ3) is 4.50. The second-order valence-electron chi connectivity index (χ2n) is 6.50. The third-order valence-electron chi connectivity index (χ3n) is 4.53. The summed E-state index contributed by atoms with van der Waals surface area (Å²) in [7, 11) is 1.55. The predicted molar refractivity (Wildman–Crippen MR) is 115 cm³/mol. The van der Waals surface area contributed by atoms with Gasteiger partial charge in [-0.05, 0) is 61.9 Å². The number of nitriles is 1. The van der Waals surface area contributed by atoms with Gasteiger partial charge in [0.1, 0.15) is 17.4 Å². The molecule has 0 radical (unpaired) electrons. The molecule has 5 nitrogen and oxygen atoms in total. The van der Waals surface area contributed by atoms with Crippen molar-refractivity contribution >= 4 is 29.3 Å². The van der Waals surface area contributed by atoms with Crippen LogP contribution < -0.4 is 10.1 Å². The van der Waals surface area contributed by atoms with E-state index >= 15 is 0 Å². The van der Waals surface area contributed by atoms with Crippen molar-refractivity contribution < 1.29 is 9.53 Å². The number of rotatable bonds is 5. The number of amides is 1. The fourth-order valence-electron chi connectivity index (χ4n) is 3.15. The van der Waals surface area contributed by atoms with Gasteiger partial charge >= 0.3 is 0 Å². The minimum Gasteiger partial charge on any atom is -0.497 e. The minimum absolute atomic E-state index is 0.0131. The molecule has 0 saturated carbocycles. The van der Waals surface area contributed by atoms with Crippen LogP contribution in [-0.2, 0) is 4.79 Å². The zero-order valence-electron chi connectivity index (χ0n) is 16.4. The van der Waals surface area contributed by atoms with E-state index in [1.54, 1.807) is 37.5 Å². The first kappa shape index (κ1) is 20.2. The van der Waals surface area contributed by atoms with E-state index in [0.717, 1.165) is 22.6 Å². The highest BCUT2D eigenvalue weighted by molar-refractivity contribution is 6.30. The number of methoxy groups -OCH3 is 1. The molecule has 2 aromatic carbocycles. The van der Waals surface area contributed by atoms with Crippen molar-refractivity contribution in [1.82, 2.24) is 4.57 Å². The van der Waals surface area contributed by atoms with Crippen LogP contribution in [0.5, 0.6) is 5.75 Å². The molecular formula is C23H20ClN3O2. The summed E-state index contributed by atoms with van der Waals surface area (Å²) in [6.07, 6.45) is 1.60. The number of carbonyl (C=O) groups is 1. The van der Waals surface area contributed by atoms with Crippen molar-refractivity contribution in [3.8, 4) is 17.5 Å². The number of hydrogen-bond donors (Lipinski definition) is 1. The molecule has 0 saturated heterocycles. The minimum atomic E-state index is -0.478. The second kappa shape index (κ2) is 8.68. The van der Waals surface area contributed by atoms with Gasteiger partial charge in [-0.3, -0.25) is 4.79 Å². The molecule has 0 aliphatic heterocycles. The number of aromatic nitrogens is 1. The fraction of sp³-hybridized carbons (Fsp3) is 0.130. The lowest BCUT2D eigenvalue weighted by Crippen LogP contribution is -2.13. The van der Waals surface area contributed by atoms with Crippen molar-refractivity contribution in [3.63, 3.8) is 0 Å². The van der Waals surface area contributed by atoms with Gasteiger partial charge < -0.3 is 14.6 Å². The van der Waals surface area contributed by atoms with E-state index in [1.807, 2.05) is 54.8 Å². The number of nitrogens with one attached hydrogen (secondary N) is 1. The molecule has 0 unspecified atom stereocenters. The Bertz CT molecular complexity index is 1140. The molecule has 0 fully saturated rings. The largest absolute Gasteiger partial charge is 0.497 e. The van der Waals surface area contributed by atoms with E-state index < -0.39 is 5.91 Å². The van der Waals surface area contributed by atoms with E-state index in [-0.39, 0.29) is 5.57 Å². The highest BCUT2D eigenvalue weighted by atomic mass is 35.5. The molecule has 0 spiro atoms. The fourth-order valence-corrected chi connectivity index (χ4v) is 3.33. The van der Waals surface area contributed by atoms with Gasteiger partial charge in [0.25, 0.3) is 5.91 Å². The maximum Gasteiger partial charge on any atom is 0.266 e. The molecule has 1 N–H and O–H groups in total. The Balaban J connectivity index is 1.92. The van der Waals surface area contributed by atoms with Crippen molar-refractivity contribution in [2.45, 2.75) is 13.8 Å². The summed E-state index contributed by atoms with van der Waals surface area (Å²) in [5.41, 5.74) is 4.17. The van der Waals surface area contributed by atoms with Gasteiger partial charge in [-0.25, -0.2) is 0 Å². The molecular weight excluding hydrogens is 386 g/mol. The Morgan fingerprint density at radius 3 is 2.62 bits per heavy atom. The molecule has 3 rings (SSSR count). The Morgan fingerprint density at radius 2 is 1.93 bits per heavy atom. The predicted octanol–water partition coefficient (Wildman–Crippen LogP) is 5.30. The Morgan fingerprint density at radius 1 is 1.17 bits per heavy atom. The van der Waals surface area contributed by atoms with Gasteiger partial charge in [0.05, 0.1) is 7.11 Å². The molecule has 0 aliphatic carbocycles. The molecule has 0 atom stereocenters. The van der Waals surface area contributed by atoms with Gasteiger partial charge in [0, 0.05) is 33.9 Å². The van der Waals surface area contributed by atoms with Crippen LogP contribution in [0.4, 0.5) is 5.69 Å². The Hall–Kier alpha value is -3.49. The van der Waals surface area contributed by atoms with Crippen molar-refractivity contribution in [1.29, 1.82) is 5.26 Å². The highest BCUT2D eigenvalue weighted by Gasteiger charge is 2.14. The monoisotopic (exact) mass is 405 g/mol. The molecule has 0 aliphatic rings. The normalized spacial score (nSPS) is 11.1. The Kier molecular flexibility index (Phi) is 6.06. The van der Waals surface area contributed by atoms with Crippen LogP contribution in [0.2, 0.25) is 5.02 Å². The number of aryl methyl sites for hydroxylation is 1. The average molecular weight is 406 g/mol. The SMILES string of the molecule is COc1cccc(NC(=O)/C(C#N)=C\c2cc(C)n(-c3cccc(Cl)c3)c2C)c1. The molecule has 146 valence electrons. The topological polar surface area (TPSA) is 67.0 Å². The maximum atomic E-state index is 12.6. The standard InChI is InChI=1S/C23H20ClN3O2/c1-15-10-17(16(2)27(15)21-8-4-6-19(24)12-21)11-18(14-25)23(28)26-20-7-5-9-22(13-20)29-3/h4-13H,1-3H3,(H,26,28)/b18-11-. The molecule has 1 heterocycles. The van der Waals surface area contributed by atoms with Crippen molar-refractivity contribution in [2.24, 2.45) is 0 Å². The van der Waals surface area contributed by atoms with Crippen LogP contribution in [0.15, 0.2) is 60.2 Å². The van der Waals surface area contributed by atoms with Gasteiger partial charge in [0.15, 0.2) is 0 Å². The molecule has 6 heteroatoms. The second-order valence-corrected chi connectivity index (χ2v) is 6.93. The zero-order chi connectivity index (χ0) is 21.0. The summed E-state index contributed by atoms with van der Waals surface area (Å²) in [5.74, 6) is 0.142. The summed E-state index contributed by atoms with van der Waals surface area (Å²) in [5, 5.41) is 12.9. The van der Waals surface area contributed by atoms with E-state index in [1.165, 1.54) is 0 Å². The number of anilines is 1. The van der Waals surface area contributed by atoms with Gasteiger partial charge in [-0.1, -0.05) is 23.7 Å². The summed E-state index contributed by atoms with van der Waals surface area (Å²) in [6, 6.07) is 18.4. The first-order chi connectivity index (χ1) is 13.9. The summed E-state index contributed by atoms with van der Waals surface area (Å²) in [4.78, 5) is 12.6. The average Bonchev–Trinajstić information content (AvgIpc) is 2.99. The number of carbonyl (C=O) groups excluding carboxylic acids is 1. The molecule has 1 aromatic heterocycles. The zero-order valence-corrected chi connectivity index (χ0v) is 17.1. The summed E-state index contributed by atoms with van der Waals surface area (Å²) in [6.45, 7) is 3.91. The number of halogens is 1. The highest BCUT2D eigenvalue weighted by Crippen LogP contribution is 2.25. The molecule has 29 heavy (non-hydrogen) atoms. The smallest absolute Gasteiger partial charge is 0.266 e. The van der Waals surface area contributed by atoms with Gasteiger partial charge in [-0.2, -0.15) is 5.26 Å². The first-order valence-electron chi connectivity index (χ1n) is 8.95. The lowest BCUT2D eigenvalue weighted by atomic mass is 10.1. The van der Waals surface area contributed by atoms with Crippen molar-refractivity contribution in [2.75, 3.05) is 12.4 Å². The van der Waals surface area contributed by atoms with Crippen LogP contribution in [0.1, 0.15) is 17.0 Å². The first-order valence-corrected chi connectivity index (χ1v) is 9.33. The summed E-state index contributed by atoms with van der Waals surface area (Å²) < 4.78 is 7.19. The van der Waals surface area contributed by atoms with Crippen LogP contribution >= 0.6 is 11.6 Å². The lowest BCUT2D eigenvalue weighted by Gasteiger charge is -2.10. The van der Waals surface area contributed by atoms with Crippen LogP contribution in [0.3, 0.4) is 0 Å². The van der Waals surface area contributed by atoms with Gasteiger partial charge in [-0.15, -0.1) is 0 Å². The molecule has 0 bridgehead atoms. The lowest BCUT2D eigenvalue weighted by molar-refractivity contribution is -0.112. The summed E-state index contributed by atoms with van der Waals surface area (Å²) >= 11 is 6.12. The van der Waals surface area contributed by atoms with E-state index in [0.29, 0.717) is 16.5 Å². The number of hydrogen-bond acceptors (Lipinski definition) is 3. The van der Waals surface area contributed by atoms with E-state index in [4.69, 9.17) is 16.3 Å². The van der Waals surface area contributed by atoms with Crippen molar-refractivity contribution in [3.05, 3.63) is 82.1 Å². The van der Waals surface area contributed by atoms with E-state index in [9.17, 15) is 10.1 Å². The van der Waals surface area contributed by atoms with Gasteiger partial charge in [0.2, 0.25) is 0 Å². The quantitative estimate of drug-likeness (QED) is 0.462. The third-order valence-corrected chi connectivity index (χ3v) is 4.76. The van der Waals surface area contributed by atoms with E-state index in [2.05, 4.69) is 5.32 Å². The van der Waals surface area contributed by atoms with Crippen LogP contribution in [0.25, 0.3) is 11.8 Å². The molecule has 3 aromatic rings. The van der Waals surface area contributed by atoms with Crippen LogP contribution in [-0.4, -0.2) is 17.6 Å². The number of nitrogens with zero attached hydrogens (tertiary/aromatic N) is 2.